The van der Waals surface area contributed by atoms with E-state index in [1.165, 1.54) is 0 Å². The summed E-state index contributed by atoms with van der Waals surface area (Å²) in [5.74, 6) is -3.24. The summed E-state index contributed by atoms with van der Waals surface area (Å²) in [6, 6.07) is 3.16. The lowest BCUT2D eigenvalue weighted by atomic mass is 9.86. The van der Waals surface area contributed by atoms with E-state index in [9.17, 15) is 32.3 Å². The fraction of sp³-hybridized carbons (Fsp3) is 0.529. The number of hydrogen-bond donors (Lipinski definition) is 2. The van der Waals surface area contributed by atoms with E-state index in [1.54, 1.807) is 0 Å². The van der Waals surface area contributed by atoms with Gasteiger partial charge in [-0.05, 0) is 36.5 Å². The summed E-state index contributed by atoms with van der Waals surface area (Å²) in [5.41, 5.74) is -1.17. The van der Waals surface area contributed by atoms with Crippen molar-refractivity contribution in [3.8, 4) is 0 Å². The van der Waals surface area contributed by atoms with Crippen molar-refractivity contribution in [2.75, 3.05) is 19.8 Å². The van der Waals surface area contributed by atoms with Crippen molar-refractivity contribution in [1.82, 2.24) is 5.32 Å². The summed E-state index contributed by atoms with van der Waals surface area (Å²) in [5, 5.41) is 11.6. The Labute approximate surface area is 147 Å². The number of alkyl halides is 4. The number of benzene rings is 1. The molecule has 2 unspecified atom stereocenters. The predicted molar refractivity (Wildman–Crippen MR) is 83.0 cm³/mol. The molecule has 0 bridgehead atoms. The Morgan fingerprint density at radius 1 is 1.19 bits per heavy atom. The average Bonchev–Trinajstić information content (AvgIpc) is 2.61. The quantitative estimate of drug-likeness (QED) is 0.748. The Morgan fingerprint density at radius 3 is 2.27 bits per heavy atom. The Kier molecular flexibility index (Phi) is 6.57. The van der Waals surface area contributed by atoms with E-state index < -0.39 is 35.7 Å². The van der Waals surface area contributed by atoms with Gasteiger partial charge >= 0.3 is 12.1 Å². The molecule has 1 aromatic carbocycles. The smallest absolute Gasteiger partial charge is 0.416 e. The number of carboxylic acids is 1. The molecule has 0 radical (unpaired) electrons. The molecule has 2 atom stereocenters. The van der Waals surface area contributed by atoms with Crippen molar-refractivity contribution in [1.29, 1.82) is 0 Å². The van der Waals surface area contributed by atoms with Gasteiger partial charge in [0.1, 0.15) is 0 Å². The summed E-state index contributed by atoms with van der Waals surface area (Å²) in [6.07, 6.45) is -5.66. The van der Waals surface area contributed by atoms with Crippen LogP contribution in [0.1, 0.15) is 30.1 Å². The van der Waals surface area contributed by atoms with Gasteiger partial charge in [0.25, 0.3) is 5.91 Å². The first kappa shape index (κ1) is 20.2. The molecule has 1 heterocycles. The van der Waals surface area contributed by atoms with Crippen molar-refractivity contribution in [3.05, 3.63) is 35.4 Å². The first-order valence-electron chi connectivity index (χ1n) is 8.09. The van der Waals surface area contributed by atoms with Crippen LogP contribution in [-0.2, 0) is 20.5 Å². The molecule has 26 heavy (non-hydrogen) atoms. The molecular formula is C17H19F4NO4. The first-order valence-corrected chi connectivity index (χ1v) is 8.09. The van der Waals surface area contributed by atoms with Crippen molar-refractivity contribution in [2.24, 2.45) is 11.8 Å². The number of amides is 1. The Hall–Kier alpha value is -2.16. The number of aliphatic carboxylic acids is 1. The minimum Gasteiger partial charge on any atom is -0.481 e. The number of rotatable bonds is 6. The van der Waals surface area contributed by atoms with E-state index >= 15 is 0 Å². The van der Waals surface area contributed by atoms with E-state index in [1.807, 2.05) is 0 Å². The minimum absolute atomic E-state index is 0.189. The van der Waals surface area contributed by atoms with Gasteiger partial charge in [-0.1, -0.05) is 12.1 Å². The highest BCUT2D eigenvalue weighted by atomic mass is 19.4. The molecule has 2 rings (SSSR count). The van der Waals surface area contributed by atoms with Crippen LogP contribution in [-0.4, -0.2) is 36.7 Å². The first-order chi connectivity index (χ1) is 12.2. The second kappa shape index (κ2) is 8.48. The van der Waals surface area contributed by atoms with Crippen LogP contribution in [0.3, 0.4) is 0 Å². The lowest BCUT2D eigenvalue weighted by Crippen LogP contribution is -2.40. The summed E-state index contributed by atoms with van der Waals surface area (Å²) in [4.78, 5) is 23.3. The van der Waals surface area contributed by atoms with Crippen LogP contribution in [0.2, 0.25) is 0 Å². The molecule has 1 amide bonds. The summed E-state index contributed by atoms with van der Waals surface area (Å²) >= 11 is 0. The van der Waals surface area contributed by atoms with E-state index in [2.05, 4.69) is 5.32 Å². The molecule has 2 N–H and O–H groups in total. The SMILES string of the molecule is O=C(NCC(C(=O)O)C1CCOCC1)C(F)c1ccc(C(F)(F)F)cc1. The number of carboxylic acid groups (broad SMARTS) is 1. The Bertz CT molecular complexity index is 627. The largest absolute Gasteiger partial charge is 0.481 e. The van der Waals surface area contributed by atoms with Gasteiger partial charge in [-0.25, -0.2) is 4.39 Å². The number of carbonyl (C=O) groups excluding carboxylic acids is 1. The normalized spacial score (nSPS) is 18.2. The molecule has 0 aliphatic carbocycles. The highest BCUT2D eigenvalue weighted by Gasteiger charge is 2.32. The fourth-order valence-electron chi connectivity index (χ4n) is 2.87. The molecule has 1 fully saturated rings. The molecule has 1 saturated heterocycles. The number of ether oxygens (including phenoxy) is 1. The van der Waals surface area contributed by atoms with E-state index in [0.717, 1.165) is 12.1 Å². The van der Waals surface area contributed by atoms with Gasteiger partial charge in [0.2, 0.25) is 6.17 Å². The maximum atomic E-state index is 14.2. The minimum atomic E-state index is -4.55. The molecule has 1 aromatic rings. The summed E-state index contributed by atoms with van der Waals surface area (Å²) in [6.45, 7) is 0.610. The second-order valence-electron chi connectivity index (χ2n) is 6.12. The molecule has 1 aliphatic rings. The molecular weight excluding hydrogens is 358 g/mol. The van der Waals surface area contributed by atoms with Crippen LogP contribution in [0, 0.1) is 11.8 Å². The van der Waals surface area contributed by atoms with Crippen molar-refractivity contribution < 1.29 is 37.0 Å². The fourth-order valence-corrected chi connectivity index (χ4v) is 2.87. The summed E-state index contributed by atoms with van der Waals surface area (Å²) in [7, 11) is 0. The zero-order chi connectivity index (χ0) is 19.3. The van der Waals surface area contributed by atoms with Crippen LogP contribution in [0.15, 0.2) is 24.3 Å². The molecule has 144 valence electrons. The molecule has 0 aromatic heterocycles. The van der Waals surface area contributed by atoms with E-state index in [4.69, 9.17) is 4.74 Å². The van der Waals surface area contributed by atoms with Crippen LogP contribution in [0.4, 0.5) is 17.6 Å². The third kappa shape index (κ3) is 5.17. The van der Waals surface area contributed by atoms with Gasteiger partial charge in [0, 0.05) is 19.8 Å². The molecule has 9 heteroatoms. The van der Waals surface area contributed by atoms with Gasteiger partial charge in [-0.3, -0.25) is 9.59 Å². The van der Waals surface area contributed by atoms with Crippen LogP contribution >= 0.6 is 0 Å². The van der Waals surface area contributed by atoms with E-state index in [-0.39, 0.29) is 18.0 Å². The standard InChI is InChI=1S/C17H19F4NO4/c18-14(11-1-3-12(4-2-11)17(19,20)21)15(23)22-9-13(16(24)25)10-5-7-26-8-6-10/h1-4,10,13-14H,5-9H2,(H,22,23)(H,24,25). The topological polar surface area (TPSA) is 75.6 Å². The van der Waals surface area contributed by atoms with Crippen LogP contribution < -0.4 is 5.32 Å². The van der Waals surface area contributed by atoms with Gasteiger partial charge in [-0.2, -0.15) is 13.2 Å². The lowest BCUT2D eigenvalue weighted by Gasteiger charge is -2.27. The highest BCUT2D eigenvalue weighted by Crippen LogP contribution is 2.30. The highest BCUT2D eigenvalue weighted by molar-refractivity contribution is 5.82. The molecule has 1 aliphatic heterocycles. The lowest BCUT2D eigenvalue weighted by molar-refractivity contribution is -0.145. The zero-order valence-electron chi connectivity index (χ0n) is 13.8. The number of nitrogens with one attached hydrogen (secondary N) is 1. The second-order valence-corrected chi connectivity index (χ2v) is 6.12. The Morgan fingerprint density at radius 2 is 1.77 bits per heavy atom. The van der Waals surface area contributed by atoms with Gasteiger partial charge in [-0.15, -0.1) is 0 Å². The number of carbonyl (C=O) groups is 2. The Balaban J connectivity index is 1.96. The maximum absolute atomic E-state index is 14.2. The van der Waals surface area contributed by atoms with Crippen LogP contribution in [0.25, 0.3) is 0 Å². The van der Waals surface area contributed by atoms with Gasteiger partial charge < -0.3 is 15.2 Å². The zero-order valence-corrected chi connectivity index (χ0v) is 13.8. The maximum Gasteiger partial charge on any atom is 0.416 e. The monoisotopic (exact) mass is 377 g/mol. The average molecular weight is 377 g/mol. The third-order valence-electron chi connectivity index (χ3n) is 4.41. The van der Waals surface area contributed by atoms with Crippen molar-refractivity contribution >= 4 is 11.9 Å². The molecule has 0 saturated carbocycles. The summed E-state index contributed by atoms with van der Waals surface area (Å²) < 4.78 is 56.9. The molecule has 0 spiro atoms. The predicted octanol–water partition coefficient (Wildman–Crippen LogP) is 2.96. The number of halogens is 4. The van der Waals surface area contributed by atoms with Crippen molar-refractivity contribution in [2.45, 2.75) is 25.2 Å². The van der Waals surface area contributed by atoms with Crippen LogP contribution in [0.5, 0.6) is 0 Å². The van der Waals surface area contributed by atoms with Crippen molar-refractivity contribution in [3.63, 3.8) is 0 Å². The van der Waals surface area contributed by atoms with Gasteiger partial charge in [0.05, 0.1) is 11.5 Å². The molecule has 5 nitrogen and oxygen atoms in total. The van der Waals surface area contributed by atoms with E-state index in [0.29, 0.717) is 38.2 Å². The van der Waals surface area contributed by atoms with Gasteiger partial charge in [0.15, 0.2) is 0 Å². The number of hydrogen-bond acceptors (Lipinski definition) is 3. The third-order valence-corrected chi connectivity index (χ3v) is 4.41.